The number of hydrogen-bond donors (Lipinski definition) is 1. The van der Waals surface area contributed by atoms with Crippen molar-refractivity contribution in [2.75, 3.05) is 5.32 Å². The predicted molar refractivity (Wildman–Crippen MR) is 86.5 cm³/mol. The van der Waals surface area contributed by atoms with Crippen molar-refractivity contribution in [1.82, 2.24) is 0 Å². The molecular formula is C14H9BrFN3O5. The van der Waals surface area contributed by atoms with Crippen LogP contribution in [0.1, 0.15) is 15.9 Å². The maximum atomic E-state index is 13.7. The molecule has 0 saturated carbocycles. The fourth-order valence-electron chi connectivity index (χ4n) is 1.98. The van der Waals surface area contributed by atoms with Gasteiger partial charge >= 0.3 is 0 Å². The number of nitrogens with one attached hydrogen (secondary N) is 1. The Morgan fingerprint density at radius 3 is 2.12 bits per heavy atom. The van der Waals surface area contributed by atoms with Crippen LogP contribution in [0.25, 0.3) is 0 Å². The molecule has 0 atom stereocenters. The molecule has 10 heteroatoms. The number of carbonyl (C=O) groups excluding carboxylic acids is 1. The van der Waals surface area contributed by atoms with Gasteiger partial charge in [0.25, 0.3) is 17.3 Å². The van der Waals surface area contributed by atoms with Crippen molar-refractivity contribution in [3.8, 4) is 0 Å². The highest BCUT2D eigenvalue weighted by Gasteiger charge is 2.25. The van der Waals surface area contributed by atoms with Crippen molar-refractivity contribution >= 4 is 38.9 Å². The molecule has 2 aromatic carbocycles. The van der Waals surface area contributed by atoms with E-state index in [2.05, 4.69) is 21.2 Å². The molecule has 0 fully saturated rings. The minimum atomic E-state index is -0.901. The average molecular weight is 398 g/mol. The number of nitro groups is 2. The van der Waals surface area contributed by atoms with Crippen LogP contribution in [0.2, 0.25) is 0 Å². The lowest BCUT2D eigenvalue weighted by Gasteiger charge is -2.08. The van der Waals surface area contributed by atoms with Crippen LogP contribution in [0, 0.1) is 33.0 Å². The molecule has 0 unspecified atom stereocenters. The Bertz CT molecular complexity index is 836. The van der Waals surface area contributed by atoms with Crippen LogP contribution in [0.15, 0.2) is 34.8 Å². The number of nitrogens with zero attached hydrogens (tertiary/aromatic N) is 2. The van der Waals surface area contributed by atoms with E-state index in [0.717, 1.165) is 18.2 Å². The van der Waals surface area contributed by atoms with E-state index in [4.69, 9.17) is 0 Å². The van der Waals surface area contributed by atoms with Gasteiger partial charge in [0.05, 0.1) is 21.1 Å². The van der Waals surface area contributed by atoms with Gasteiger partial charge in [-0.15, -0.1) is 0 Å². The molecule has 24 heavy (non-hydrogen) atoms. The van der Waals surface area contributed by atoms with Crippen LogP contribution in [0.4, 0.5) is 21.5 Å². The zero-order chi connectivity index (χ0) is 18.0. The summed E-state index contributed by atoms with van der Waals surface area (Å²) in [6.07, 6.45) is 0. The molecule has 0 bridgehead atoms. The first-order valence-corrected chi connectivity index (χ1v) is 7.20. The highest BCUT2D eigenvalue weighted by atomic mass is 79.9. The van der Waals surface area contributed by atoms with E-state index >= 15 is 0 Å². The molecular weight excluding hydrogens is 389 g/mol. The second-order valence-corrected chi connectivity index (χ2v) is 5.65. The van der Waals surface area contributed by atoms with Gasteiger partial charge in [-0.05, 0) is 25.1 Å². The third-order valence-corrected chi connectivity index (χ3v) is 3.68. The Morgan fingerprint density at radius 1 is 1.12 bits per heavy atom. The number of carbonyl (C=O) groups is 1. The Labute approximate surface area is 142 Å². The molecule has 2 aromatic rings. The van der Waals surface area contributed by atoms with Crippen LogP contribution in [0.5, 0.6) is 0 Å². The van der Waals surface area contributed by atoms with Crippen LogP contribution >= 0.6 is 15.9 Å². The average Bonchev–Trinajstić information content (AvgIpc) is 2.49. The summed E-state index contributed by atoms with van der Waals surface area (Å²) in [5, 5.41) is 24.2. The van der Waals surface area contributed by atoms with E-state index in [1.54, 1.807) is 0 Å². The third kappa shape index (κ3) is 3.54. The molecule has 0 saturated heterocycles. The van der Waals surface area contributed by atoms with Gasteiger partial charge in [0.15, 0.2) is 0 Å². The standard InChI is InChI=1S/C14H9BrFN3O5/c1-7-12(18(21)22)4-8(5-13(7)19(23)24)14(20)17-11-3-2-9(15)6-10(11)16/h2-6H,1H3,(H,17,20). The predicted octanol–water partition coefficient (Wildman–Crippen LogP) is 3.97. The van der Waals surface area contributed by atoms with E-state index in [-0.39, 0.29) is 16.8 Å². The maximum absolute atomic E-state index is 13.7. The number of halogens is 2. The molecule has 0 radical (unpaired) electrons. The van der Waals surface area contributed by atoms with Crippen LogP contribution in [-0.2, 0) is 0 Å². The second-order valence-electron chi connectivity index (χ2n) is 4.73. The summed E-state index contributed by atoms with van der Waals surface area (Å²) >= 11 is 3.06. The molecule has 0 spiro atoms. The van der Waals surface area contributed by atoms with Crippen LogP contribution in [-0.4, -0.2) is 15.8 Å². The molecule has 0 heterocycles. The summed E-state index contributed by atoms with van der Waals surface area (Å²) < 4.78 is 14.2. The Balaban J connectivity index is 2.45. The fraction of sp³-hybridized carbons (Fsp3) is 0.0714. The molecule has 124 valence electrons. The van der Waals surface area contributed by atoms with E-state index < -0.39 is 32.9 Å². The summed E-state index contributed by atoms with van der Waals surface area (Å²) in [5.41, 5.74) is -1.77. The number of amides is 1. The number of nitro benzene ring substituents is 2. The minimum Gasteiger partial charge on any atom is -0.319 e. The quantitative estimate of drug-likeness (QED) is 0.618. The van der Waals surface area contributed by atoms with Gasteiger partial charge in [-0.25, -0.2) is 4.39 Å². The fourth-order valence-corrected chi connectivity index (χ4v) is 2.31. The lowest BCUT2D eigenvalue weighted by atomic mass is 10.1. The lowest BCUT2D eigenvalue weighted by molar-refractivity contribution is -0.395. The van der Waals surface area contributed by atoms with E-state index in [1.165, 1.54) is 19.1 Å². The van der Waals surface area contributed by atoms with Crippen LogP contribution < -0.4 is 5.32 Å². The minimum absolute atomic E-state index is 0.158. The summed E-state index contributed by atoms with van der Waals surface area (Å²) in [4.78, 5) is 32.6. The van der Waals surface area contributed by atoms with Gasteiger partial charge < -0.3 is 5.32 Å². The Hall–Kier alpha value is -2.88. The summed E-state index contributed by atoms with van der Waals surface area (Å²) in [6.45, 7) is 1.21. The molecule has 1 N–H and O–H groups in total. The molecule has 0 aliphatic carbocycles. The topological polar surface area (TPSA) is 115 Å². The SMILES string of the molecule is Cc1c([N+](=O)[O-])cc(C(=O)Nc2ccc(Br)cc2F)cc1[N+](=O)[O-]. The first kappa shape index (κ1) is 17.5. The maximum Gasteiger partial charge on any atom is 0.279 e. The van der Waals surface area contributed by atoms with Gasteiger partial charge in [0, 0.05) is 16.6 Å². The summed E-state index contributed by atoms with van der Waals surface area (Å²) in [7, 11) is 0. The first-order valence-electron chi connectivity index (χ1n) is 6.40. The van der Waals surface area contributed by atoms with Crippen molar-refractivity contribution < 1.29 is 19.0 Å². The molecule has 1 amide bonds. The zero-order valence-electron chi connectivity index (χ0n) is 12.1. The first-order chi connectivity index (χ1) is 11.2. The highest BCUT2D eigenvalue weighted by Crippen LogP contribution is 2.30. The van der Waals surface area contributed by atoms with Crippen molar-refractivity contribution in [3.63, 3.8) is 0 Å². The molecule has 0 aliphatic heterocycles. The largest absolute Gasteiger partial charge is 0.319 e. The molecule has 0 aromatic heterocycles. The van der Waals surface area contributed by atoms with Gasteiger partial charge in [-0.3, -0.25) is 25.0 Å². The summed E-state index contributed by atoms with van der Waals surface area (Å²) in [6, 6.07) is 5.71. The van der Waals surface area contributed by atoms with Gasteiger partial charge in [0.2, 0.25) is 0 Å². The number of anilines is 1. The number of rotatable bonds is 4. The summed E-state index contributed by atoms with van der Waals surface area (Å²) in [5.74, 6) is -1.63. The third-order valence-electron chi connectivity index (χ3n) is 3.19. The lowest BCUT2D eigenvalue weighted by Crippen LogP contribution is -2.14. The van der Waals surface area contributed by atoms with Crippen molar-refractivity contribution in [3.05, 3.63) is 72.0 Å². The van der Waals surface area contributed by atoms with Gasteiger partial charge in [0.1, 0.15) is 11.4 Å². The Morgan fingerprint density at radius 2 is 1.67 bits per heavy atom. The highest BCUT2D eigenvalue weighted by molar-refractivity contribution is 9.10. The zero-order valence-corrected chi connectivity index (χ0v) is 13.7. The molecule has 8 nitrogen and oxygen atoms in total. The Kier molecular flexibility index (Phi) is 4.88. The van der Waals surface area contributed by atoms with Crippen molar-refractivity contribution in [2.24, 2.45) is 0 Å². The van der Waals surface area contributed by atoms with E-state index in [0.29, 0.717) is 4.47 Å². The van der Waals surface area contributed by atoms with Gasteiger partial charge in [-0.1, -0.05) is 15.9 Å². The molecule has 2 rings (SSSR count). The monoisotopic (exact) mass is 397 g/mol. The van der Waals surface area contributed by atoms with Crippen LogP contribution in [0.3, 0.4) is 0 Å². The smallest absolute Gasteiger partial charge is 0.279 e. The van der Waals surface area contributed by atoms with E-state index in [1.807, 2.05) is 0 Å². The number of benzene rings is 2. The van der Waals surface area contributed by atoms with E-state index in [9.17, 15) is 29.4 Å². The second kappa shape index (κ2) is 6.71. The molecule has 0 aliphatic rings. The van der Waals surface area contributed by atoms with Crippen molar-refractivity contribution in [2.45, 2.75) is 6.92 Å². The normalized spacial score (nSPS) is 10.3. The number of hydrogen-bond acceptors (Lipinski definition) is 5. The van der Waals surface area contributed by atoms with Gasteiger partial charge in [-0.2, -0.15) is 0 Å². The van der Waals surface area contributed by atoms with Crippen molar-refractivity contribution in [1.29, 1.82) is 0 Å².